The van der Waals surface area contributed by atoms with E-state index in [1.807, 2.05) is 0 Å². The third kappa shape index (κ3) is 3.27. The van der Waals surface area contributed by atoms with Crippen LogP contribution >= 0.6 is 0 Å². The van der Waals surface area contributed by atoms with E-state index in [1.165, 1.54) is 29.5 Å². The molecule has 2 aliphatic carbocycles. The number of ether oxygens (including phenoxy) is 1. The van der Waals surface area contributed by atoms with E-state index in [4.69, 9.17) is 4.74 Å². The molecule has 0 saturated heterocycles. The molecule has 1 N–H and O–H groups in total. The summed E-state index contributed by atoms with van der Waals surface area (Å²) >= 11 is 0. The topological polar surface area (TPSA) is 46.5 Å². The van der Waals surface area contributed by atoms with E-state index in [2.05, 4.69) is 19.9 Å². The van der Waals surface area contributed by atoms with E-state index in [-0.39, 0.29) is 5.75 Å². The predicted molar refractivity (Wildman–Crippen MR) is 105 cm³/mol. The molecule has 2 aromatic carbocycles. The third-order valence-electron chi connectivity index (χ3n) is 5.77. The van der Waals surface area contributed by atoms with Crippen LogP contribution in [-0.2, 0) is 23.6 Å². The Morgan fingerprint density at radius 2 is 1.85 bits per heavy atom. The summed E-state index contributed by atoms with van der Waals surface area (Å²) in [7, 11) is -1.18. The molecule has 0 aliphatic heterocycles. The van der Waals surface area contributed by atoms with Gasteiger partial charge < -0.3 is 9.84 Å². The second kappa shape index (κ2) is 7.07. The van der Waals surface area contributed by atoms with Crippen molar-refractivity contribution in [3.05, 3.63) is 46.5 Å². The molecule has 4 heteroatoms. The normalized spacial score (nSPS) is 17.6. The number of benzene rings is 2. The second-order valence-electron chi connectivity index (χ2n) is 7.69. The van der Waals surface area contributed by atoms with Gasteiger partial charge >= 0.3 is 0 Å². The highest BCUT2D eigenvalue weighted by atomic mass is 32.2. The molecular weight excluding hydrogens is 344 g/mol. The number of hydrogen-bond donors (Lipinski definition) is 1. The van der Waals surface area contributed by atoms with Gasteiger partial charge in [0.15, 0.2) is 0 Å². The fourth-order valence-corrected chi connectivity index (χ4v) is 5.60. The average Bonchev–Trinajstić information content (AvgIpc) is 3.06. The predicted octanol–water partition coefficient (Wildman–Crippen LogP) is 5.20. The average molecular weight is 371 g/mol. The maximum atomic E-state index is 12.7. The molecule has 138 valence electrons. The standard InChI is InChI=1S/C22H26O3S/c1-14-11-15(2)22(19-8-4-7-18(14)19)25-17-9-10-20(23)21(12-17)26(24)13-16-5-3-6-16/h9-12,16,23H,3-8,13H2,1-2H3. The van der Waals surface area contributed by atoms with Gasteiger partial charge in [0, 0.05) is 11.8 Å². The zero-order valence-electron chi connectivity index (χ0n) is 15.5. The molecule has 0 spiro atoms. The molecule has 2 aliphatic rings. The fraction of sp³-hybridized carbons (Fsp3) is 0.455. The molecule has 26 heavy (non-hydrogen) atoms. The molecule has 2 aromatic rings. The van der Waals surface area contributed by atoms with Crippen LogP contribution in [0.25, 0.3) is 0 Å². The van der Waals surface area contributed by atoms with Crippen molar-refractivity contribution in [3.8, 4) is 17.2 Å². The summed E-state index contributed by atoms with van der Waals surface area (Å²) in [5, 5.41) is 10.2. The van der Waals surface area contributed by atoms with Crippen molar-refractivity contribution in [2.75, 3.05) is 5.75 Å². The molecule has 0 bridgehead atoms. The maximum absolute atomic E-state index is 12.7. The lowest BCUT2D eigenvalue weighted by Gasteiger charge is -2.24. The van der Waals surface area contributed by atoms with Gasteiger partial charge in [-0.2, -0.15) is 0 Å². The van der Waals surface area contributed by atoms with Gasteiger partial charge in [-0.25, -0.2) is 0 Å². The van der Waals surface area contributed by atoms with E-state index >= 15 is 0 Å². The van der Waals surface area contributed by atoms with E-state index < -0.39 is 10.8 Å². The number of hydrogen-bond acceptors (Lipinski definition) is 3. The zero-order valence-corrected chi connectivity index (χ0v) is 16.3. The quantitative estimate of drug-likeness (QED) is 0.787. The molecule has 0 amide bonds. The Balaban J connectivity index is 1.62. The number of rotatable bonds is 5. The lowest BCUT2D eigenvalue weighted by atomic mass is 9.87. The van der Waals surface area contributed by atoms with E-state index in [1.54, 1.807) is 18.2 Å². The molecule has 1 atom stereocenters. The Morgan fingerprint density at radius 1 is 1.08 bits per heavy atom. The number of aromatic hydroxyl groups is 1. The van der Waals surface area contributed by atoms with Crippen LogP contribution in [0.4, 0.5) is 0 Å². The van der Waals surface area contributed by atoms with Crippen molar-refractivity contribution < 1.29 is 14.1 Å². The second-order valence-corrected chi connectivity index (χ2v) is 9.16. The minimum absolute atomic E-state index is 0.0980. The van der Waals surface area contributed by atoms with Gasteiger partial charge in [-0.3, -0.25) is 4.21 Å². The summed E-state index contributed by atoms with van der Waals surface area (Å²) in [5.74, 6) is 2.85. The molecule has 1 fully saturated rings. The first-order valence-corrected chi connectivity index (χ1v) is 10.9. The van der Waals surface area contributed by atoms with Gasteiger partial charge in [0.1, 0.15) is 17.2 Å². The van der Waals surface area contributed by atoms with E-state index in [9.17, 15) is 9.32 Å². The molecule has 0 heterocycles. The minimum Gasteiger partial charge on any atom is -0.507 e. The van der Waals surface area contributed by atoms with Gasteiger partial charge in [0.2, 0.25) is 0 Å². The highest BCUT2D eigenvalue weighted by Gasteiger charge is 2.23. The van der Waals surface area contributed by atoms with Crippen molar-refractivity contribution in [2.45, 2.75) is 57.3 Å². The molecule has 3 nitrogen and oxygen atoms in total. The van der Waals surface area contributed by atoms with Crippen LogP contribution in [0.15, 0.2) is 29.2 Å². The number of phenolic OH excluding ortho intramolecular Hbond substituents is 1. The minimum atomic E-state index is -1.18. The van der Waals surface area contributed by atoms with Gasteiger partial charge in [0.25, 0.3) is 0 Å². The highest BCUT2D eigenvalue weighted by molar-refractivity contribution is 7.85. The molecule has 0 radical (unpaired) electrons. The van der Waals surface area contributed by atoms with Crippen LogP contribution < -0.4 is 4.74 Å². The summed E-state index contributed by atoms with van der Waals surface area (Å²) in [6, 6.07) is 7.31. The summed E-state index contributed by atoms with van der Waals surface area (Å²) in [6.45, 7) is 4.25. The van der Waals surface area contributed by atoms with E-state index in [0.717, 1.165) is 37.0 Å². The zero-order chi connectivity index (χ0) is 18.3. The molecule has 0 aromatic heterocycles. The van der Waals surface area contributed by atoms with Gasteiger partial charge in [-0.1, -0.05) is 12.5 Å². The Hall–Kier alpha value is -1.81. The lowest BCUT2D eigenvalue weighted by Crippen LogP contribution is -2.18. The van der Waals surface area contributed by atoms with Crippen molar-refractivity contribution in [1.29, 1.82) is 0 Å². The fourth-order valence-electron chi connectivity index (χ4n) is 4.11. The molecule has 1 unspecified atom stereocenters. The third-order valence-corrected chi connectivity index (χ3v) is 7.36. The van der Waals surface area contributed by atoms with Crippen LogP contribution in [0.5, 0.6) is 17.2 Å². The van der Waals surface area contributed by atoms with Crippen molar-refractivity contribution in [1.82, 2.24) is 0 Å². The summed E-state index contributed by atoms with van der Waals surface area (Å²) in [5.41, 5.74) is 5.20. The highest BCUT2D eigenvalue weighted by Crippen LogP contribution is 2.39. The summed E-state index contributed by atoms with van der Waals surface area (Å²) in [4.78, 5) is 0.496. The van der Waals surface area contributed by atoms with Crippen LogP contribution in [0, 0.1) is 19.8 Å². The molecule has 4 rings (SSSR count). The van der Waals surface area contributed by atoms with E-state index in [0.29, 0.717) is 22.3 Å². The van der Waals surface area contributed by atoms with Crippen LogP contribution in [-0.4, -0.2) is 15.1 Å². The Kier molecular flexibility index (Phi) is 4.78. The van der Waals surface area contributed by atoms with Gasteiger partial charge in [-0.05, 0) is 86.3 Å². The molecular formula is C22H26O3S. The number of aryl methyl sites for hydroxylation is 2. The Bertz CT molecular complexity index is 868. The lowest BCUT2D eigenvalue weighted by molar-refractivity contribution is 0.350. The summed E-state index contributed by atoms with van der Waals surface area (Å²) < 4.78 is 18.9. The van der Waals surface area contributed by atoms with Crippen LogP contribution in [0.1, 0.15) is 47.9 Å². The largest absolute Gasteiger partial charge is 0.507 e. The number of fused-ring (bicyclic) bond motifs is 1. The smallest absolute Gasteiger partial charge is 0.133 e. The monoisotopic (exact) mass is 370 g/mol. The van der Waals surface area contributed by atoms with Crippen LogP contribution in [0.3, 0.4) is 0 Å². The van der Waals surface area contributed by atoms with Crippen LogP contribution in [0.2, 0.25) is 0 Å². The first kappa shape index (κ1) is 17.6. The Morgan fingerprint density at radius 3 is 2.58 bits per heavy atom. The van der Waals surface area contributed by atoms with Gasteiger partial charge in [-0.15, -0.1) is 0 Å². The van der Waals surface area contributed by atoms with Crippen molar-refractivity contribution in [3.63, 3.8) is 0 Å². The number of phenols is 1. The van der Waals surface area contributed by atoms with Crippen molar-refractivity contribution in [2.24, 2.45) is 5.92 Å². The summed E-state index contributed by atoms with van der Waals surface area (Å²) in [6.07, 6.45) is 6.86. The maximum Gasteiger partial charge on any atom is 0.133 e. The van der Waals surface area contributed by atoms with Crippen molar-refractivity contribution >= 4 is 10.8 Å². The molecule has 1 saturated carbocycles. The first-order chi connectivity index (χ1) is 12.5. The van der Waals surface area contributed by atoms with Gasteiger partial charge in [0.05, 0.1) is 15.7 Å². The Labute approximate surface area is 157 Å². The SMILES string of the molecule is Cc1cc(C)c(Oc2ccc(O)c(S(=O)CC3CCC3)c2)c2c1CCC2. The first-order valence-electron chi connectivity index (χ1n) is 9.54.